The smallest absolute Gasteiger partial charge is 0.407 e. The number of nitrogens with one attached hydrogen (secondary N) is 1. The fourth-order valence-electron chi connectivity index (χ4n) is 3.67. The van der Waals surface area contributed by atoms with Gasteiger partial charge in [0, 0.05) is 24.6 Å². The Hall–Kier alpha value is -3.78. The maximum Gasteiger partial charge on any atom is 0.407 e. The number of hydrogen-bond acceptors (Lipinski definition) is 3. The van der Waals surface area contributed by atoms with Crippen LogP contribution in [0.5, 0.6) is 0 Å². The average molecular weight is 400 g/mol. The van der Waals surface area contributed by atoms with E-state index in [-0.39, 0.29) is 18.1 Å². The van der Waals surface area contributed by atoms with Crippen LogP contribution in [0.25, 0.3) is 11.1 Å². The first kappa shape index (κ1) is 19.5. The highest BCUT2D eigenvalue weighted by Gasteiger charge is 2.28. The van der Waals surface area contributed by atoms with Gasteiger partial charge in [0.15, 0.2) is 0 Å². The van der Waals surface area contributed by atoms with Gasteiger partial charge in [0.2, 0.25) is 0 Å². The lowest BCUT2D eigenvalue weighted by Crippen LogP contribution is -2.26. The summed E-state index contributed by atoms with van der Waals surface area (Å²) in [5.41, 5.74) is 11.0. The number of nitrogens with two attached hydrogens (primary N) is 1. The molecule has 0 bridgehead atoms. The number of hydrogen-bond donors (Lipinski definition) is 2. The van der Waals surface area contributed by atoms with Crippen LogP contribution in [0.3, 0.4) is 0 Å². The topological polar surface area (TPSA) is 64.3 Å². The molecule has 5 heteroatoms. The van der Waals surface area contributed by atoms with Gasteiger partial charge in [-0.15, -0.1) is 0 Å². The van der Waals surface area contributed by atoms with Crippen molar-refractivity contribution in [2.75, 3.05) is 18.9 Å². The van der Waals surface area contributed by atoms with Crippen molar-refractivity contribution in [3.63, 3.8) is 0 Å². The van der Waals surface area contributed by atoms with E-state index in [0.717, 1.165) is 0 Å². The first-order valence-corrected chi connectivity index (χ1v) is 9.76. The van der Waals surface area contributed by atoms with Crippen LogP contribution >= 0.6 is 0 Å². The van der Waals surface area contributed by atoms with Gasteiger partial charge < -0.3 is 15.8 Å². The monoisotopic (exact) mass is 400 g/mol. The molecule has 30 heavy (non-hydrogen) atoms. The normalized spacial score (nSPS) is 11.8. The summed E-state index contributed by atoms with van der Waals surface area (Å²) in [5, 5.41) is 2.68. The second-order valence-electron chi connectivity index (χ2n) is 7.04. The fourth-order valence-corrected chi connectivity index (χ4v) is 3.67. The molecule has 0 spiro atoms. The number of benzene rings is 3. The summed E-state index contributed by atoms with van der Waals surface area (Å²) in [4.78, 5) is 12.1. The number of nitrogen functional groups attached to an aromatic ring is 1. The zero-order valence-electron chi connectivity index (χ0n) is 16.3. The van der Waals surface area contributed by atoms with E-state index in [0.29, 0.717) is 18.7 Å². The van der Waals surface area contributed by atoms with Crippen LogP contribution in [0.2, 0.25) is 0 Å². The van der Waals surface area contributed by atoms with Crippen LogP contribution < -0.4 is 11.1 Å². The minimum atomic E-state index is -0.492. The summed E-state index contributed by atoms with van der Waals surface area (Å²) in [6.07, 6.45) is -0.118. The van der Waals surface area contributed by atoms with Crippen molar-refractivity contribution in [3.8, 4) is 23.0 Å². The first-order chi connectivity index (χ1) is 14.6. The maximum atomic E-state index is 13.6. The van der Waals surface area contributed by atoms with Crippen molar-refractivity contribution < 1.29 is 13.9 Å². The molecule has 0 atom stereocenters. The molecule has 0 heterocycles. The predicted octanol–water partition coefficient (Wildman–Crippen LogP) is 4.69. The zero-order valence-corrected chi connectivity index (χ0v) is 16.3. The number of amides is 1. The van der Waals surface area contributed by atoms with Crippen LogP contribution in [-0.4, -0.2) is 19.2 Å². The molecule has 3 aromatic carbocycles. The van der Waals surface area contributed by atoms with Crippen molar-refractivity contribution in [1.29, 1.82) is 0 Å². The third kappa shape index (κ3) is 4.13. The van der Waals surface area contributed by atoms with Crippen LogP contribution in [0.4, 0.5) is 14.9 Å². The summed E-state index contributed by atoms with van der Waals surface area (Å²) in [5.74, 6) is 5.17. The van der Waals surface area contributed by atoms with Gasteiger partial charge in [-0.3, -0.25) is 0 Å². The summed E-state index contributed by atoms with van der Waals surface area (Å²) < 4.78 is 19.1. The lowest BCUT2D eigenvalue weighted by molar-refractivity contribution is 0.143. The van der Waals surface area contributed by atoms with E-state index in [2.05, 4.69) is 41.4 Å². The van der Waals surface area contributed by atoms with Crippen molar-refractivity contribution in [3.05, 3.63) is 89.2 Å². The Labute approximate surface area is 174 Å². The fraction of sp³-hybridized carbons (Fsp3) is 0.160. The molecule has 0 unspecified atom stereocenters. The lowest BCUT2D eigenvalue weighted by atomic mass is 9.98. The Kier molecular flexibility index (Phi) is 5.67. The van der Waals surface area contributed by atoms with E-state index in [4.69, 9.17) is 10.5 Å². The van der Waals surface area contributed by atoms with E-state index in [9.17, 15) is 9.18 Å². The number of halogens is 1. The lowest BCUT2D eigenvalue weighted by Gasteiger charge is -2.14. The van der Waals surface area contributed by atoms with Gasteiger partial charge in [0.25, 0.3) is 0 Å². The van der Waals surface area contributed by atoms with Gasteiger partial charge in [-0.25, -0.2) is 9.18 Å². The summed E-state index contributed by atoms with van der Waals surface area (Å²) in [6.45, 7) is 0.577. The highest BCUT2D eigenvalue weighted by molar-refractivity contribution is 5.79. The Morgan fingerprint density at radius 1 is 1.03 bits per heavy atom. The molecule has 4 nitrogen and oxygen atoms in total. The molecule has 4 rings (SSSR count). The van der Waals surface area contributed by atoms with Gasteiger partial charge in [-0.1, -0.05) is 60.4 Å². The van der Waals surface area contributed by atoms with E-state index < -0.39 is 11.9 Å². The number of rotatable bonds is 4. The number of fused-ring (bicyclic) bond motifs is 3. The third-order valence-corrected chi connectivity index (χ3v) is 5.08. The minimum absolute atomic E-state index is 0.0226. The summed E-state index contributed by atoms with van der Waals surface area (Å²) >= 11 is 0. The van der Waals surface area contributed by atoms with E-state index >= 15 is 0 Å². The van der Waals surface area contributed by atoms with Crippen molar-refractivity contribution in [2.45, 2.75) is 12.3 Å². The van der Waals surface area contributed by atoms with Gasteiger partial charge in [0.05, 0.1) is 5.56 Å². The molecule has 0 aromatic heterocycles. The maximum absolute atomic E-state index is 13.6. The highest BCUT2D eigenvalue weighted by atomic mass is 19.1. The second-order valence-corrected chi connectivity index (χ2v) is 7.04. The first-order valence-electron chi connectivity index (χ1n) is 9.76. The number of carbonyl (C=O) groups is 1. The predicted molar refractivity (Wildman–Crippen MR) is 115 cm³/mol. The molecule has 0 radical (unpaired) electrons. The molecular formula is C25H21FN2O2. The highest BCUT2D eigenvalue weighted by Crippen LogP contribution is 2.44. The minimum Gasteiger partial charge on any atom is -0.449 e. The Morgan fingerprint density at radius 2 is 1.70 bits per heavy atom. The number of ether oxygens (including phenoxy) is 1. The van der Waals surface area contributed by atoms with Gasteiger partial charge in [-0.2, -0.15) is 0 Å². The Balaban J connectivity index is 1.30. The van der Waals surface area contributed by atoms with Crippen molar-refractivity contribution in [2.24, 2.45) is 0 Å². The Bertz CT molecular complexity index is 1100. The molecular weight excluding hydrogens is 379 g/mol. The van der Waals surface area contributed by atoms with Gasteiger partial charge in [-0.05, 0) is 40.5 Å². The Morgan fingerprint density at radius 3 is 2.40 bits per heavy atom. The second kappa shape index (κ2) is 8.71. The SMILES string of the molecule is Nc1ccc(F)c(C#CCCNC(=O)OCC2c3ccccc3-c3ccccc32)c1. The number of carbonyl (C=O) groups excluding carboxylic acids is 1. The van der Waals surface area contributed by atoms with Crippen LogP contribution in [0, 0.1) is 17.7 Å². The van der Waals surface area contributed by atoms with Crippen LogP contribution in [0.1, 0.15) is 29.0 Å². The quantitative estimate of drug-likeness (QED) is 0.379. The van der Waals surface area contributed by atoms with Crippen LogP contribution in [0.15, 0.2) is 66.7 Å². The number of alkyl carbamates (subject to hydrolysis) is 1. The van der Waals surface area contributed by atoms with Crippen molar-refractivity contribution >= 4 is 11.8 Å². The largest absolute Gasteiger partial charge is 0.449 e. The third-order valence-electron chi connectivity index (χ3n) is 5.08. The van der Waals surface area contributed by atoms with Crippen molar-refractivity contribution in [1.82, 2.24) is 5.32 Å². The van der Waals surface area contributed by atoms with Crippen LogP contribution in [-0.2, 0) is 4.74 Å². The summed E-state index contributed by atoms with van der Waals surface area (Å²) in [7, 11) is 0. The average Bonchev–Trinajstić information content (AvgIpc) is 3.08. The molecule has 3 N–H and O–H groups in total. The summed E-state index contributed by atoms with van der Waals surface area (Å²) in [6, 6.07) is 20.6. The number of anilines is 1. The van der Waals surface area contributed by atoms with E-state index in [1.807, 2.05) is 24.3 Å². The van der Waals surface area contributed by atoms with E-state index in [1.54, 1.807) is 0 Å². The zero-order chi connectivity index (χ0) is 20.9. The van der Waals surface area contributed by atoms with Gasteiger partial charge >= 0.3 is 6.09 Å². The molecule has 0 saturated heterocycles. The van der Waals surface area contributed by atoms with Gasteiger partial charge in [0.1, 0.15) is 12.4 Å². The molecule has 1 aliphatic rings. The molecule has 0 fully saturated rings. The molecule has 1 aliphatic carbocycles. The molecule has 3 aromatic rings. The molecule has 1 amide bonds. The van der Waals surface area contributed by atoms with E-state index in [1.165, 1.54) is 40.5 Å². The molecule has 150 valence electrons. The molecule has 0 aliphatic heterocycles. The molecule has 0 saturated carbocycles. The standard InChI is InChI=1S/C25H21FN2O2/c26-24-13-12-18(27)15-17(24)7-5-6-14-28-25(29)30-16-23-21-10-3-1-8-19(21)20-9-2-4-11-22(20)23/h1-4,8-13,15,23H,6,14,16,27H2,(H,28,29).